The van der Waals surface area contributed by atoms with E-state index in [1.54, 1.807) is 4.68 Å². The van der Waals surface area contributed by atoms with Gasteiger partial charge in [-0.05, 0) is 53.5 Å². The first-order valence-electron chi connectivity index (χ1n) is 10.8. The number of piperazine rings is 1. The van der Waals surface area contributed by atoms with Gasteiger partial charge in [-0.2, -0.15) is 10.2 Å². The van der Waals surface area contributed by atoms with Crippen LogP contribution >= 0.6 is 0 Å². The second-order valence-corrected chi connectivity index (χ2v) is 8.33. The maximum atomic E-state index is 4.50. The Morgan fingerprint density at radius 2 is 1.94 bits per heavy atom. The van der Waals surface area contributed by atoms with Crippen LogP contribution in [0.15, 0.2) is 48.8 Å². The van der Waals surface area contributed by atoms with Gasteiger partial charge in [0.15, 0.2) is 0 Å². The fraction of sp³-hybridized carbons (Fsp3) is 0.280. The highest BCUT2D eigenvalue weighted by Gasteiger charge is 2.12. The zero-order valence-corrected chi connectivity index (χ0v) is 18.1. The molecule has 0 atom stereocenters. The van der Waals surface area contributed by atoms with Crippen molar-refractivity contribution in [1.29, 1.82) is 0 Å². The minimum Gasteiger partial charge on any atom is -0.314 e. The van der Waals surface area contributed by atoms with Crippen LogP contribution in [0.1, 0.15) is 22.4 Å². The monoisotopic (exact) mass is 412 g/mol. The maximum Gasteiger partial charge on any atom is 0.0927 e. The molecule has 1 fully saturated rings. The van der Waals surface area contributed by atoms with Crippen molar-refractivity contribution in [3.63, 3.8) is 0 Å². The van der Waals surface area contributed by atoms with E-state index in [2.05, 4.69) is 68.8 Å². The van der Waals surface area contributed by atoms with Gasteiger partial charge in [0.1, 0.15) is 0 Å². The third kappa shape index (κ3) is 4.31. The number of hydrogen-bond donors (Lipinski definition) is 2. The number of H-pyrrole nitrogens is 1. The van der Waals surface area contributed by atoms with E-state index in [-0.39, 0.29) is 0 Å². The molecule has 4 aromatic rings. The van der Waals surface area contributed by atoms with Gasteiger partial charge in [-0.25, -0.2) is 0 Å². The van der Waals surface area contributed by atoms with Crippen LogP contribution in [0, 0.1) is 6.92 Å². The summed E-state index contributed by atoms with van der Waals surface area (Å²) in [5.41, 5.74) is 8.23. The molecule has 5 rings (SSSR count). The summed E-state index contributed by atoms with van der Waals surface area (Å²) in [6.07, 6.45) is 7.93. The molecule has 0 saturated carbocycles. The fourth-order valence-electron chi connectivity index (χ4n) is 4.31. The molecule has 0 radical (unpaired) electrons. The molecule has 0 bridgehead atoms. The van der Waals surface area contributed by atoms with E-state index in [9.17, 15) is 0 Å². The van der Waals surface area contributed by atoms with Crippen molar-refractivity contribution in [2.75, 3.05) is 26.2 Å². The summed E-state index contributed by atoms with van der Waals surface area (Å²) in [4.78, 5) is 2.52. The zero-order chi connectivity index (χ0) is 21.2. The zero-order valence-electron chi connectivity index (χ0n) is 18.1. The van der Waals surface area contributed by atoms with Gasteiger partial charge in [0.05, 0.1) is 17.4 Å². The Bertz CT molecular complexity index is 1230. The predicted octanol–water partition coefficient (Wildman–Crippen LogP) is 3.85. The molecular weight excluding hydrogens is 384 g/mol. The van der Waals surface area contributed by atoms with Gasteiger partial charge in [0.25, 0.3) is 0 Å². The van der Waals surface area contributed by atoms with Crippen molar-refractivity contribution < 1.29 is 0 Å². The lowest BCUT2D eigenvalue weighted by molar-refractivity contribution is 0.233. The summed E-state index contributed by atoms with van der Waals surface area (Å²) >= 11 is 0. The normalized spacial score (nSPS) is 15.3. The van der Waals surface area contributed by atoms with Gasteiger partial charge in [0, 0.05) is 56.9 Å². The van der Waals surface area contributed by atoms with Crippen LogP contribution < -0.4 is 5.32 Å². The Labute approximate surface area is 182 Å². The van der Waals surface area contributed by atoms with E-state index >= 15 is 0 Å². The van der Waals surface area contributed by atoms with Gasteiger partial charge in [-0.15, -0.1) is 0 Å². The quantitative estimate of drug-likeness (QED) is 0.523. The molecule has 2 aromatic carbocycles. The Morgan fingerprint density at radius 3 is 2.71 bits per heavy atom. The van der Waals surface area contributed by atoms with Gasteiger partial charge < -0.3 is 5.32 Å². The van der Waals surface area contributed by atoms with Crippen molar-refractivity contribution in [2.24, 2.45) is 7.05 Å². The fourth-order valence-corrected chi connectivity index (χ4v) is 4.31. The number of hydrogen-bond acceptors (Lipinski definition) is 4. The average molecular weight is 413 g/mol. The second-order valence-electron chi connectivity index (χ2n) is 8.33. The van der Waals surface area contributed by atoms with Crippen LogP contribution in [0.25, 0.3) is 34.2 Å². The second kappa shape index (κ2) is 8.49. The van der Waals surface area contributed by atoms with Gasteiger partial charge in [0.2, 0.25) is 0 Å². The molecular formula is C25H28N6. The van der Waals surface area contributed by atoms with Crippen LogP contribution in [0.4, 0.5) is 0 Å². The van der Waals surface area contributed by atoms with Crippen molar-refractivity contribution in [1.82, 2.24) is 30.2 Å². The molecule has 1 aliphatic rings. The van der Waals surface area contributed by atoms with E-state index in [1.807, 2.05) is 31.6 Å². The highest BCUT2D eigenvalue weighted by atomic mass is 15.2. The summed E-state index contributed by atoms with van der Waals surface area (Å²) < 4.78 is 1.80. The topological polar surface area (TPSA) is 61.8 Å². The largest absolute Gasteiger partial charge is 0.314 e. The van der Waals surface area contributed by atoms with E-state index in [0.29, 0.717) is 0 Å². The van der Waals surface area contributed by atoms with Crippen molar-refractivity contribution in [2.45, 2.75) is 13.5 Å². The standard InChI is InChI=1S/C25H28N6/c1-18-13-19(17-31-11-9-26-10-12-31)3-6-22(18)21-5-8-25-23(14-21)24(28-29-25)7-4-20-15-27-30(2)16-20/h3-8,13-16,26H,9-12,17H2,1-2H3,(H,28,29). The molecule has 0 spiro atoms. The van der Waals surface area contributed by atoms with Crippen LogP contribution in [-0.4, -0.2) is 51.1 Å². The van der Waals surface area contributed by atoms with Gasteiger partial charge in [-0.1, -0.05) is 24.3 Å². The van der Waals surface area contributed by atoms with Gasteiger partial charge >= 0.3 is 0 Å². The molecule has 1 saturated heterocycles. The Morgan fingerprint density at radius 1 is 1.06 bits per heavy atom. The van der Waals surface area contributed by atoms with Crippen LogP contribution in [-0.2, 0) is 13.6 Å². The summed E-state index contributed by atoms with van der Waals surface area (Å²) in [5.74, 6) is 0. The molecule has 6 heteroatoms. The molecule has 0 aliphatic carbocycles. The Hall–Kier alpha value is -3.22. The third-order valence-electron chi connectivity index (χ3n) is 5.97. The number of benzene rings is 2. The average Bonchev–Trinajstić information content (AvgIpc) is 3.38. The van der Waals surface area contributed by atoms with Gasteiger partial charge in [-0.3, -0.25) is 14.7 Å². The molecule has 2 aromatic heterocycles. The molecule has 158 valence electrons. The molecule has 1 aliphatic heterocycles. The first kappa shape index (κ1) is 19.7. The van der Waals surface area contributed by atoms with Crippen LogP contribution in [0.5, 0.6) is 0 Å². The van der Waals surface area contributed by atoms with Crippen molar-refractivity contribution >= 4 is 23.1 Å². The molecule has 0 unspecified atom stereocenters. The van der Waals surface area contributed by atoms with E-state index < -0.39 is 0 Å². The summed E-state index contributed by atoms with van der Waals surface area (Å²) in [7, 11) is 1.92. The van der Waals surface area contributed by atoms with Crippen molar-refractivity contribution in [3.05, 3.63) is 71.2 Å². The number of aryl methyl sites for hydroxylation is 2. The minimum absolute atomic E-state index is 0.939. The smallest absolute Gasteiger partial charge is 0.0927 e. The molecule has 31 heavy (non-hydrogen) atoms. The predicted molar refractivity (Wildman–Crippen MR) is 127 cm³/mol. The Kier molecular flexibility index (Phi) is 5.40. The van der Waals surface area contributed by atoms with Crippen LogP contribution in [0.2, 0.25) is 0 Å². The number of rotatable bonds is 5. The maximum absolute atomic E-state index is 4.50. The van der Waals surface area contributed by atoms with Crippen LogP contribution in [0.3, 0.4) is 0 Å². The number of fused-ring (bicyclic) bond motifs is 1. The first-order valence-corrected chi connectivity index (χ1v) is 10.8. The SMILES string of the molecule is Cc1cc(CN2CCNCC2)ccc1-c1ccc2[nH]nc(C=Cc3cnn(C)c3)c2c1. The summed E-state index contributed by atoms with van der Waals surface area (Å²) in [6.45, 7) is 7.63. The molecule has 2 N–H and O–H groups in total. The lowest BCUT2D eigenvalue weighted by Crippen LogP contribution is -2.42. The third-order valence-corrected chi connectivity index (χ3v) is 5.97. The highest BCUT2D eigenvalue weighted by molar-refractivity contribution is 5.92. The lowest BCUT2D eigenvalue weighted by Gasteiger charge is -2.27. The molecule has 0 amide bonds. The first-order chi connectivity index (χ1) is 15.2. The van der Waals surface area contributed by atoms with E-state index in [1.165, 1.54) is 22.3 Å². The number of aromatic nitrogens is 4. The summed E-state index contributed by atoms with van der Waals surface area (Å²) in [5, 5.41) is 16.4. The highest BCUT2D eigenvalue weighted by Crippen LogP contribution is 2.29. The van der Waals surface area contributed by atoms with E-state index in [0.717, 1.165) is 54.9 Å². The van der Waals surface area contributed by atoms with Crippen molar-refractivity contribution in [3.8, 4) is 11.1 Å². The number of aromatic amines is 1. The number of nitrogens with zero attached hydrogens (tertiary/aromatic N) is 4. The summed E-state index contributed by atoms with van der Waals surface area (Å²) in [6, 6.07) is 13.4. The number of nitrogens with one attached hydrogen (secondary N) is 2. The lowest BCUT2D eigenvalue weighted by atomic mass is 9.97. The minimum atomic E-state index is 0.939. The molecule has 3 heterocycles. The van der Waals surface area contributed by atoms with E-state index in [4.69, 9.17) is 0 Å². The molecule has 6 nitrogen and oxygen atoms in total. The Balaban J connectivity index is 1.41.